The summed E-state index contributed by atoms with van der Waals surface area (Å²) in [4.78, 5) is 13.1. The van der Waals surface area contributed by atoms with Crippen LogP contribution in [-0.4, -0.2) is 5.91 Å². The van der Waals surface area contributed by atoms with Gasteiger partial charge in [-0.25, -0.2) is 0 Å². The molecule has 19 heavy (non-hydrogen) atoms. The smallest absolute Gasteiger partial charge is 0.220 e. The van der Waals surface area contributed by atoms with Crippen molar-refractivity contribution in [2.45, 2.75) is 39.2 Å². The maximum atomic E-state index is 11.8. The minimum atomic E-state index is -0.0667. The fourth-order valence-electron chi connectivity index (χ4n) is 1.95. The summed E-state index contributed by atoms with van der Waals surface area (Å²) in [7, 11) is 0. The quantitative estimate of drug-likeness (QED) is 0.871. The van der Waals surface area contributed by atoms with E-state index in [0.717, 1.165) is 24.4 Å². The lowest BCUT2D eigenvalue weighted by Gasteiger charge is -2.11. The summed E-state index contributed by atoms with van der Waals surface area (Å²) in [6.45, 7) is 3.84. The van der Waals surface area contributed by atoms with E-state index in [0.29, 0.717) is 6.42 Å². The first kappa shape index (κ1) is 13.9. The molecule has 0 saturated carbocycles. The molecule has 4 heteroatoms. The van der Waals surface area contributed by atoms with Gasteiger partial charge < -0.3 is 9.73 Å². The number of carbonyl (C=O) groups excluding carboxylic acids is 1. The first-order valence-electron chi connectivity index (χ1n) is 6.53. The second-order valence-corrected chi connectivity index (χ2v) is 5.70. The summed E-state index contributed by atoms with van der Waals surface area (Å²) in [6, 6.07) is 7.90. The Balaban J connectivity index is 1.72. The van der Waals surface area contributed by atoms with Crippen LogP contribution in [0, 0.1) is 6.92 Å². The number of rotatable bonds is 6. The lowest BCUT2D eigenvalue weighted by Crippen LogP contribution is -2.26. The molecule has 0 aromatic carbocycles. The van der Waals surface area contributed by atoms with Crippen molar-refractivity contribution in [3.8, 4) is 0 Å². The Morgan fingerprint density at radius 3 is 2.89 bits per heavy atom. The molecule has 2 aromatic heterocycles. The molecule has 0 saturated heterocycles. The molecule has 2 aromatic rings. The monoisotopic (exact) mass is 277 g/mol. The van der Waals surface area contributed by atoms with Crippen LogP contribution in [0.2, 0.25) is 0 Å². The summed E-state index contributed by atoms with van der Waals surface area (Å²) in [5.41, 5.74) is 0. The summed E-state index contributed by atoms with van der Waals surface area (Å²) in [5.74, 6) is 1.76. The zero-order valence-electron chi connectivity index (χ0n) is 11.3. The number of carbonyl (C=O) groups is 1. The number of nitrogens with one attached hydrogen (secondary N) is 1. The van der Waals surface area contributed by atoms with Crippen LogP contribution in [0.15, 0.2) is 34.1 Å². The highest BCUT2D eigenvalue weighted by atomic mass is 32.1. The topological polar surface area (TPSA) is 42.2 Å². The average molecular weight is 277 g/mol. The summed E-state index contributed by atoms with van der Waals surface area (Å²) in [6.07, 6.45) is 2.41. The molecule has 1 atom stereocenters. The van der Waals surface area contributed by atoms with Crippen molar-refractivity contribution in [2.24, 2.45) is 0 Å². The van der Waals surface area contributed by atoms with E-state index >= 15 is 0 Å². The Hall–Kier alpha value is -1.55. The van der Waals surface area contributed by atoms with Crippen molar-refractivity contribution in [1.82, 2.24) is 5.32 Å². The number of hydrogen-bond acceptors (Lipinski definition) is 3. The third-order valence-electron chi connectivity index (χ3n) is 2.97. The van der Waals surface area contributed by atoms with E-state index < -0.39 is 0 Å². The largest absolute Gasteiger partial charge is 0.464 e. The first-order valence-corrected chi connectivity index (χ1v) is 7.41. The van der Waals surface area contributed by atoms with Crippen LogP contribution in [0.5, 0.6) is 0 Å². The van der Waals surface area contributed by atoms with Crippen molar-refractivity contribution >= 4 is 17.2 Å². The molecule has 0 aliphatic heterocycles. The second kappa shape index (κ2) is 6.57. The summed E-state index contributed by atoms with van der Waals surface area (Å²) < 4.78 is 5.50. The van der Waals surface area contributed by atoms with Gasteiger partial charge in [0.1, 0.15) is 11.5 Å². The minimum Gasteiger partial charge on any atom is -0.464 e. The van der Waals surface area contributed by atoms with Gasteiger partial charge in [0.25, 0.3) is 0 Å². The molecular formula is C15H19NO2S. The van der Waals surface area contributed by atoms with Crippen LogP contribution in [-0.2, 0) is 11.2 Å². The molecule has 2 rings (SSSR count). The maximum absolute atomic E-state index is 11.8. The third kappa shape index (κ3) is 4.24. The highest BCUT2D eigenvalue weighted by Crippen LogP contribution is 2.16. The molecule has 0 radical (unpaired) electrons. The molecule has 0 fully saturated rings. The fourth-order valence-corrected chi connectivity index (χ4v) is 2.70. The van der Waals surface area contributed by atoms with Gasteiger partial charge in [0, 0.05) is 11.3 Å². The maximum Gasteiger partial charge on any atom is 0.220 e. The first-order chi connectivity index (χ1) is 9.15. The number of thiophene rings is 1. The van der Waals surface area contributed by atoms with Crippen molar-refractivity contribution < 1.29 is 9.21 Å². The van der Waals surface area contributed by atoms with Crippen molar-refractivity contribution in [3.05, 3.63) is 46.0 Å². The van der Waals surface area contributed by atoms with Crippen LogP contribution in [0.25, 0.3) is 0 Å². The molecule has 1 unspecified atom stereocenters. The predicted octanol–water partition coefficient (Wildman–Crippen LogP) is 3.85. The lowest BCUT2D eigenvalue weighted by atomic mass is 10.2. The van der Waals surface area contributed by atoms with E-state index in [4.69, 9.17) is 4.42 Å². The molecule has 102 valence electrons. The van der Waals surface area contributed by atoms with Gasteiger partial charge in [-0.3, -0.25) is 4.79 Å². The number of furan rings is 1. The number of aryl methyl sites for hydroxylation is 2. The van der Waals surface area contributed by atoms with E-state index in [2.05, 4.69) is 16.8 Å². The average Bonchev–Trinajstić information content (AvgIpc) is 3.00. The van der Waals surface area contributed by atoms with E-state index in [9.17, 15) is 4.79 Å². The Kier molecular flexibility index (Phi) is 4.80. The minimum absolute atomic E-state index is 0.0667. The van der Waals surface area contributed by atoms with Gasteiger partial charge in [0.15, 0.2) is 0 Å². The molecule has 3 nitrogen and oxygen atoms in total. The molecule has 0 spiro atoms. The zero-order chi connectivity index (χ0) is 13.7. The van der Waals surface area contributed by atoms with E-state index in [1.807, 2.05) is 32.0 Å². The second-order valence-electron chi connectivity index (χ2n) is 4.67. The Morgan fingerprint density at radius 1 is 1.42 bits per heavy atom. The SMILES string of the molecule is Cc1ccc(C(C)NC(=O)CCCc2cccs2)o1. The van der Waals surface area contributed by atoms with Crippen LogP contribution < -0.4 is 5.32 Å². The summed E-state index contributed by atoms with van der Waals surface area (Å²) >= 11 is 1.74. The van der Waals surface area contributed by atoms with Gasteiger partial charge in [-0.15, -0.1) is 11.3 Å². The lowest BCUT2D eigenvalue weighted by molar-refractivity contribution is -0.121. The van der Waals surface area contributed by atoms with Crippen LogP contribution in [0.3, 0.4) is 0 Å². The molecule has 2 heterocycles. The Morgan fingerprint density at radius 2 is 2.26 bits per heavy atom. The van der Waals surface area contributed by atoms with Crippen LogP contribution in [0.4, 0.5) is 0 Å². The van der Waals surface area contributed by atoms with Gasteiger partial charge in [-0.05, 0) is 50.3 Å². The molecule has 1 amide bonds. The normalized spacial score (nSPS) is 12.3. The van der Waals surface area contributed by atoms with Gasteiger partial charge in [0.05, 0.1) is 6.04 Å². The van der Waals surface area contributed by atoms with Crippen LogP contribution >= 0.6 is 11.3 Å². The third-order valence-corrected chi connectivity index (χ3v) is 3.91. The van der Waals surface area contributed by atoms with Crippen molar-refractivity contribution in [1.29, 1.82) is 0 Å². The van der Waals surface area contributed by atoms with E-state index in [-0.39, 0.29) is 11.9 Å². The standard InChI is InChI=1S/C15H19NO2S/c1-11-8-9-14(18-11)12(2)16-15(17)7-3-5-13-6-4-10-19-13/h4,6,8-10,12H,3,5,7H2,1-2H3,(H,16,17). The zero-order valence-corrected chi connectivity index (χ0v) is 12.1. The molecular weight excluding hydrogens is 258 g/mol. The van der Waals surface area contributed by atoms with Gasteiger partial charge in [0.2, 0.25) is 5.91 Å². The van der Waals surface area contributed by atoms with Gasteiger partial charge >= 0.3 is 0 Å². The molecule has 0 aliphatic carbocycles. The highest BCUT2D eigenvalue weighted by Gasteiger charge is 2.12. The van der Waals surface area contributed by atoms with Crippen LogP contribution in [0.1, 0.15) is 42.2 Å². The Bertz CT molecular complexity index is 516. The Labute approximate surface area is 117 Å². The number of amides is 1. The molecule has 1 N–H and O–H groups in total. The van der Waals surface area contributed by atoms with E-state index in [1.165, 1.54) is 4.88 Å². The molecule has 0 bridgehead atoms. The van der Waals surface area contributed by atoms with Crippen molar-refractivity contribution in [3.63, 3.8) is 0 Å². The fraction of sp³-hybridized carbons (Fsp3) is 0.400. The van der Waals surface area contributed by atoms with Crippen molar-refractivity contribution in [2.75, 3.05) is 0 Å². The number of hydrogen-bond donors (Lipinski definition) is 1. The van der Waals surface area contributed by atoms with E-state index in [1.54, 1.807) is 11.3 Å². The molecule has 0 aliphatic rings. The summed E-state index contributed by atoms with van der Waals surface area (Å²) in [5, 5.41) is 5.03. The highest BCUT2D eigenvalue weighted by molar-refractivity contribution is 7.09. The van der Waals surface area contributed by atoms with Gasteiger partial charge in [-0.1, -0.05) is 6.07 Å². The predicted molar refractivity (Wildman–Crippen MR) is 77.3 cm³/mol. The van der Waals surface area contributed by atoms with Gasteiger partial charge in [-0.2, -0.15) is 0 Å².